The smallest absolute Gasteiger partial charge is 0.0991 e. The van der Waals surface area contributed by atoms with E-state index in [1.165, 1.54) is 0 Å². The lowest BCUT2D eigenvalue weighted by molar-refractivity contribution is 0.121. The summed E-state index contributed by atoms with van der Waals surface area (Å²) in [6.45, 7) is 5.71. The monoisotopic (exact) mass is 143 g/mol. The van der Waals surface area contributed by atoms with Gasteiger partial charge >= 0.3 is 0 Å². The maximum Gasteiger partial charge on any atom is 0.0991 e. The van der Waals surface area contributed by atoms with Crippen LogP contribution in [-0.4, -0.2) is 23.5 Å². The van der Waals surface area contributed by atoms with E-state index in [9.17, 15) is 5.11 Å². The molecule has 0 saturated carbocycles. The van der Waals surface area contributed by atoms with E-state index in [0.29, 0.717) is 0 Å². The lowest BCUT2D eigenvalue weighted by Crippen LogP contribution is -2.32. The number of nitrogens with zero attached hydrogens (tertiary/aromatic N) is 1. The van der Waals surface area contributed by atoms with Gasteiger partial charge in [-0.15, -0.1) is 0 Å². The summed E-state index contributed by atoms with van der Waals surface area (Å²) in [5.74, 6) is 0. The van der Waals surface area contributed by atoms with Gasteiger partial charge in [0, 0.05) is 12.8 Å². The predicted molar refractivity (Wildman–Crippen MR) is 44.6 cm³/mol. The van der Waals surface area contributed by atoms with Gasteiger partial charge in [-0.3, -0.25) is 4.99 Å². The number of hydrogen-bond donors (Lipinski definition) is 1. The predicted octanol–water partition coefficient (Wildman–Crippen LogP) is 1.63. The molecular formula is C8H17NO. The van der Waals surface area contributed by atoms with Crippen molar-refractivity contribution in [2.75, 3.05) is 7.05 Å². The molecule has 1 N–H and O–H groups in total. The summed E-state index contributed by atoms with van der Waals surface area (Å²) < 4.78 is 0. The summed E-state index contributed by atoms with van der Waals surface area (Å²) >= 11 is 0. The fraction of sp³-hybridized carbons (Fsp3) is 0.875. The van der Waals surface area contributed by atoms with Gasteiger partial charge in [0.25, 0.3) is 0 Å². The minimum atomic E-state index is -0.691. The first-order valence-corrected chi connectivity index (χ1v) is 3.71. The summed E-state index contributed by atoms with van der Waals surface area (Å²) in [6.07, 6.45) is 1.77. The van der Waals surface area contributed by atoms with Gasteiger partial charge < -0.3 is 5.11 Å². The molecule has 0 heterocycles. The van der Waals surface area contributed by atoms with Crippen molar-refractivity contribution >= 4 is 5.71 Å². The Balaban J connectivity index is 4.10. The molecule has 0 aliphatic heterocycles. The Morgan fingerprint density at radius 3 is 2.40 bits per heavy atom. The highest BCUT2D eigenvalue weighted by Crippen LogP contribution is 2.13. The third kappa shape index (κ3) is 2.48. The molecule has 0 rings (SSSR count). The van der Waals surface area contributed by atoms with Crippen LogP contribution in [0.25, 0.3) is 0 Å². The van der Waals surface area contributed by atoms with Crippen LogP contribution in [0.2, 0.25) is 0 Å². The minimum absolute atomic E-state index is 0.691. The van der Waals surface area contributed by atoms with Crippen LogP contribution >= 0.6 is 0 Å². The van der Waals surface area contributed by atoms with Crippen LogP contribution in [0.1, 0.15) is 33.6 Å². The van der Waals surface area contributed by atoms with E-state index in [1.54, 1.807) is 14.0 Å². The highest BCUT2D eigenvalue weighted by atomic mass is 16.3. The quantitative estimate of drug-likeness (QED) is 0.598. The SMILES string of the molecule is CCCC(C)(O)C(C)=NC. The molecule has 0 aromatic heterocycles. The van der Waals surface area contributed by atoms with Gasteiger partial charge in [-0.25, -0.2) is 0 Å². The van der Waals surface area contributed by atoms with Crippen molar-refractivity contribution in [2.24, 2.45) is 4.99 Å². The molecule has 0 aromatic carbocycles. The zero-order valence-corrected chi connectivity index (χ0v) is 7.31. The Hall–Kier alpha value is -0.370. The van der Waals surface area contributed by atoms with Crippen molar-refractivity contribution in [3.8, 4) is 0 Å². The molecule has 0 amide bonds. The molecule has 2 nitrogen and oxygen atoms in total. The average Bonchev–Trinajstić information content (AvgIpc) is 1.86. The van der Waals surface area contributed by atoms with Crippen LogP contribution in [-0.2, 0) is 0 Å². The highest BCUT2D eigenvalue weighted by Gasteiger charge is 2.21. The van der Waals surface area contributed by atoms with Gasteiger partial charge in [0.1, 0.15) is 0 Å². The third-order valence-electron chi connectivity index (χ3n) is 1.85. The first kappa shape index (κ1) is 9.63. The standard InChI is InChI=1S/C8H17NO/c1-5-6-8(3,10)7(2)9-4/h10H,5-6H2,1-4H3. The molecule has 2 heteroatoms. The molecule has 0 bridgehead atoms. The molecule has 0 aliphatic carbocycles. The van der Waals surface area contributed by atoms with Crippen LogP contribution < -0.4 is 0 Å². The molecule has 0 spiro atoms. The summed E-state index contributed by atoms with van der Waals surface area (Å²) in [6, 6.07) is 0. The summed E-state index contributed by atoms with van der Waals surface area (Å²) in [5, 5.41) is 9.65. The van der Waals surface area contributed by atoms with Crippen molar-refractivity contribution in [3.63, 3.8) is 0 Å². The van der Waals surface area contributed by atoms with Crippen LogP contribution in [0.15, 0.2) is 4.99 Å². The van der Waals surface area contributed by atoms with Crippen molar-refractivity contribution in [1.82, 2.24) is 0 Å². The second-order valence-corrected chi connectivity index (χ2v) is 2.83. The largest absolute Gasteiger partial charge is 0.384 e. The highest BCUT2D eigenvalue weighted by molar-refractivity contribution is 5.89. The van der Waals surface area contributed by atoms with Crippen molar-refractivity contribution in [1.29, 1.82) is 0 Å². The number of aliphatic imine (C=N–C) groups is 1. The van der Waals surface area contributed by atoms with Gasteiger partial charge in [0.15, 0.2) is 0 Å². The summed E-state index contributed by atoms with van der Waals surface area (Å²) in [5.41, 5.74) is 0.123. The lowest BCUT2D eigenvalue weighted by atomic mass is 9.96. The molecule has 1 atom stereocenters. The van der Waals surface area contributed by atoms with Gasteiger partial charge in [-0.2, -0.15) is 0 Å². The third-order valence-corrected chi connectivity index (χ3v) is 1.85. The average molecular weight is 143 g/mol. The Kier molecular flexibility index (Phi) is 3.58. The summed E-state index contributed by atoms with van der Waals surface area (Å²) in [4.78, 5) is 3.95. The van der Waals surface area contributed by atoms with Crippen LogP contribution in [0, 0.1) is 0 Å². The second-order valence-electron chi connectivity index (χ2n) is 2.83. The molecule has 1 unspecified atom stereocenters. The zero-order valence-electron chi connectivity index (χ0n) is 7.31. The molecular weight excluding hydrogens is 126 g/mol. The first-order valence-electron chi connectivity index (χ1n) is 3.71. The molecule has 0 aliphatic rings. The molecule has 60 valence electrons. The number of hydrogen-bond acceptors (Lipinski definition) is 2. The first-order chi connectivity index (χ1) is 4.54. The van der Waals surface area contributed by atoms with Crippen LogP contribution in [0.4, 0.5) is 0 Å². The Bertz CT molecular complexity index is 127. The van der Waals surface area contributed by atoms with Gasteiger partial charge in [-0.1, -0.05) is 13.3 Å². The Morgan fingerprint density at radius 2 is 2.10 bits per heavy atom. The summed E-state index contributed by atoms with van der Waals surface area (Å²) in [7, 11) is 1.71. The second kappa shape index (κ2) is 3.71. The molecule has 0 saturated heterocycles. The maximum absolute atomic E-state index is 9.65. The minimum Gasteiger partial charge on any atom is -0.384 e. The van der Waals surface area contributed by atoms with E-state index >= 15 is 0 Å². The van der Waals surface area contributed by atoms with E-state index in [0.717, 1.165) is 18.6 Å². The maximum atomic E-state index is 9.65. The molecule has 0 radical (unpaired) electrons. The van der Waals surface area contributed by atoms with Crippen molar-refractivity contribution < 1.29 is 5.11 Å². The van der Waals surface area contributed by atoms with Crippen LogP contribution in [0.3, 0.4) is 0 Å². The van der Waals surface area contributed by atoms with Gasteiger partial charge in [0.05, 0.1) is 5.60 Å². The van der Waals surface area contributed by atoms with E-state index in [4.69, 9.17) is 0 Å². The van der Waals surface area contributed by atoms with Crippen molar-refractivity contribution in [3.05, 3.63) is 0 Å². The molecule has 0 aromatic rings. The van der Waals surface area contributed by atoms with Crippen molar-refractivity contribution in [2.45, 2.75) is 39.2 Å². The normalized spacial score (nSPS) is 18.7. The Labute approximate surface area is 63.0 Å². The van der Waals surface area contributed by atoms with E-state index in [2.05, 4.69) is 11.9 Å². The fourth-order valence-corrected chi connectivity index (χ4v) is 0.909. The van der Waals surface area contributed by atoms with Gasteiger partial charge in [-0.05, 0) is 20.3 Å². The molecule has 10 heavy (non-hydrogen) atoms. The number of rotatable bonds is 3. The Morgan fingerprint density at radius 1 is 1.60 bits per heavy atom. The van der Waals surface area contributed by atoms with E-state index in [1.807, 2.05) is 6.92 Å². The molecule has 0 fully saturated rings. The number of aliphatic hydroxyl groups is 1. The fourth-order valence-electron chi connectivity index (χ4n) is 0.909. The van der Waals surface area contributed by atoms with E-state index in [-0.39, 0.29) is 0 Å². The van der Waals surface area contributed by atoms with E-state index < -0.39 is 5.60 Å². The lowest BCUT2D eigenvalue weighted by Gasteiger charge is -2.21. The zero-order chi connectivity index (χ0) is 8.20. The van der Waals surface area contributed by atoms with Crippen LogP contribution in [0.5, 0.6) is 0 Å². The topological polar surface area (TPSA) is 32.6 Å². The van der Waals surface area contributed by atoms with Gasteiger partial charge in [0.2, 0.25) is 0 Å².